The number of anilines is 1. The van der Waals surface area contributed by atoms with Crippen molar-refractivity contribution in [2.45, 2.75) is 51.2 Å². The van der Waals surface area contributed by atoms with Crippen molar-refractivity contribution in [2.75, 3.05) is 26.0 Å². The number of aliphatic hydroxyl groups excluding tert-OH is 2. The monoisotopic (exact) mass is 485 g/mol. The molecule has 0 heterocycles. The van der Waals surface area contributed by atoms with Crippen molar-refractivity contribution in [1.29, 1.82) is 0 Å². The topological polar surface area (TPSA) is 156 Å². The summed E-state index contributed by atoms with van der Waals surface area (Å²) in [6.45, 7) is 2.18. The van der Waals surface area contributed by atoms with E-state index >= 15 is 0 Å². The highest BCUT2D eigenvalue weighted by Crippen LogP contribution is 2.55. The average Bonchev–Trinajstić information content (AvgIpc) is 2.74. The first-order valence-corrected chi connectivity index (χ1v) is 12.1. The Balaban J connectivity index is 1.92. The number of fused-ring (bicyclic) bond motifs is 3. The molecule has 3 aliphatic rings. The number of hydrogen-bond donors (Lipinski definition) is 6. The molecule has 35 heavy (non-hydrogen) atoms. The molecule has 1 aromatic carbocycles. The molecule has 0 aromatic heterocycles. The van der Waals surface area contributed by atoms with E-state index in [-0.39, 0.29) is 52.7 Å². The van der Waals surface area contributed by atoms with Crippen LogP contribution in [0.4, 0.5) is 5.69 Å². The van der Waals surface area contributed by atoms with Crippen molar-refractivity contribution >= 4 is 23.1 Å². The zero-order valence-corrected chi connectivity index (χ0v) is 20.7. The minimum Gasteiger partial charge on any atom is -0.512 e. The SMILES string of the molecule is CCC[C@]1(O)C(C(N)=O)=C(O)CC2CC3Cc4c(N(C)C)cc(CNC)c(O)c4C(O)=C3C(=O)C21. The Hall–Kier alpha value is -3.04. The molecular formula is C26H35N3O6. The highest BCUT2D eigenvalue weighted by molar-refractivity contribution is 6.08. The lowest BCUT2D eigenvalue weighted by molar-refractivity contribution is -0.138. The number of hydrogen-bond acceptors (Lipinski definition) is 8. The number of nitrogens with two attached hydrogens (primary N) is 1. The van der Waals surface area contributed by atoms with Crippen molar-refractivity contribution in [2.24, 2.45) is 23.5 Å². The number of benzene rings is 1. The number of carbonyl (C=O) groups excluding carboxylic acids is 2. The Labute approximate surface area is 204 Å². The lowest BCUT2D eigenvalue weighted by Gasteiger charge is -2.49. The van der Waals surface area contributed by atoms with Crippen LogP contribution in [0.1, 0.15) is 49.3 Å². The summed E-state index contributed by atoms with van der Waals surface area (Å²) in [6.07, 6.45) is 1.44. The van der Waals surface area contributed by atoms with Crippen molar-refractivity contribution < 1.29 is 30.0 Å². The van der Waals surface area contributed by atoms with E-state index in [2.05, 4.69) is 5.32 Å². The zero-order valence-electron chi connectivity index (χ0n) is 20.7. The fourth-order valence-corrected chi connectivity index (χ4v) is 6.60. The Morgan fingerprint density at radius 1 is 1.26 bits per heavy atom. The van der Waals surface area contributed by atoms with Crippen LogP contribution in [-0.2, 0) is 22.6 Å². The van der Waals surface area contributed by atoms with E-state index in [1.54, 1.807) is 7.05 Å². The maximum atomic E-state index is 14.0. The van der Waals surface area contributed by atoms with Crippen LogP contribution in [-0.4, -0.2) is 58.9 Å². The summed E-state index contributed by atoms with van der Waals surface area (Å²) < 4.78 is 0. The highest BCUT2D eigenvalue weighted by atomic mass is 16.3. The second-order valence-electron chi connectivity index (χ2n) is 10.2. The van der Waals surface area contributed by atoms with Gasteiger partial charge in [0.2, 0.25) is 0 Å². The van der Waals surface area contributed by atoms with Crippen molar-refractivity contribution in [3.8, 4) is 5.75 Å². The van der Waals surface area contributed by atoms with Gasteiger partial charge in [-0.3, -0.25) is 9.59 Å². The molecule has 190 valence electrons. The number of phenols is 1. The van der Waals surface area contributed by atoms with Crippen molar-refractivity contribution in [3.63, 3.8) is 0 Å². The van der Waals surface area contributed by atoms with Gasteiger partial charge in [0.05, 0.1) is 17.1 Å². The van der Waals surface area contributed by atoms with Crippen LogP contribution in [0.25, 0.3) is 5.76 Å². The summed E-state index contributed by atoms with van der Waals surface area (Å²) in [5.41, 5.74) is 5.89. The van der Waals surface area contributed by atoms with Crippen molar-refractivity contribution in [3.05, 3.63) is 39.7 Å². The number of aromatic hydroxyl groups is 1. The van der Waals surface area contributed by atoms with E-state index in [4.69, 9.17) is 5.73 Å². The largest absolute Gasteiger partial charge is 0.512 e. The van der Waals surface area contributed by atoms with Crippen LogP contribution < -0.4 is 16.0 Å². The van der Waals surface area contributed by atoms with Crippen LogP contribution in [0.15, 0.2) is 23.0 Å². The fourth-order valence-electron chi connectivity index (χ4n) is 6.60. The standard InChI is InChI=1S/C26H35N3O6/c1-5-6-26(35)20-13(10-17(30)21(26)25(27)34)7-12-8-15-16(29(3)4)9-14(11-28-2)22(31)19(15)23(32)18(12)24(20)33/h9,12-13,20,28,30-32,35H,5-8,10-11H2,1-4H3,(H2,27,34)/t12?,13?,20?,26-/m1/s1. The Morgan fingerprint density at radius 3 is 2.51 bits per heavy atom. The minimum atomic E-state index is -1.92. The molecule has 1 fully saturated rings. The molecule has 9 nitrogen and oxygen atoms in total. The lowest BCUT2D eigenvalue weighted by atomic mass is 9.55. The molecule has 4 rings (SSSR count). The first kappa shape index (κ1) is 25.1. The quantitative estimate of drug-likeness (QED) is 0.358. The number of rotatable bonds is 6. The predicted octanol–water partition coefficient (Wildman–Crippen LogP) is 2.06. The fraction of sp³-hybridized carbons (Fsp3) is 0.538. The second kappa shape index (κ2) is 8.87. The molecule has 0 saturated heterocycles. The summed E-state index contributed by atoms with van der Waals surface area (Å²) >= 11 is 0. The first-order chi connectivity index (χ1) is 16.5. The van der Waals surface area contributed by atoms with Crippen LogP contribution in [0.2, 0.25) is 0 Å². The van der Waals surface area contributed by atoms with E-state index in [9.17, 15) is 30.0 Å². The number of Topliss-reactive ketones (excluding diaryl/α,β-unsaturated/α-hetero) is 1. The van der Waals surface area contributed by atoms with Gasteiger partial charge in [-0.2, -0.15) is 0 Å². The highest BCUT2D eigenvalue weighted by Gasteiger charge is 2.58. The van der Waals surface area contributed by atoms with E-state index in [1.165, 1.54) is 0 Å². The van der Waals surface area contributed by atoms with Gasteiger partial charge in [0, 0.05) is 43.9 Å². The van der Waals surface area contributed by atoms with E-state index in [1.807, 2.05) is 32.0 Å². The third-order valence-electron chi connectivity index (χ3n) is 7.84. The number of allylic oxidation sites excluding steroid dienone is 2. The zero-order chi connectivity index (χ0) is 25.8. The van der Waals surface area contributed by atoms with E-state index in [0.29, 0.717) is 31.4 Å². The molecule has 4 atom stereocenters. The predicted molar refractivity (Wildman–Crippen MR) is 132 cm³/mol. The maximum Gasteiger partial charge on any atom is 0.250 e. The number of aliphatic hydroxyl groups is 3. The van der Waals surface area contributed by atoms with E-state index in [0.717, 1.165) is 11.3 Å². The molecule has 0 radical (unpaired) electrons. The Bertz CT molecular complexity index is 1150. The van der Waals surface area contributed by atoms with Gasteiger partial charge in [0.15, 0.2) is 5.78 Å². The average molecular weight is 486 g/mol. The Morgan fingerprint density at radius 2 is 1.94 bits per heavy atom. The van der Waals surface area contributed by atoms with Gasteiger partial charge in [0.1, 0.15) is 22.9 Å². The second-order valence-corrected chi connectivity index (χ2v) is 10.2. The number of amides is 1. The number of phenolic OH excluding ortho intramolecular Hbond substituents is 1. The third-order valence-corrected chi connectivity index (χ3v) is 7.84. The summed E-state index contributed by atoms with van der Waals surface area (Å²) in [5.74, 6) is -3.82. The molecule has 7 N–H and O–H groups in total. The molecule has 1 amide bonds. The Kier molecular flexibility index (Phi) is 6.36. The number of nitrogens with zero attached hydrogens (tertiary/aromatic N) is 1. The van der Waals surface area contributed by atoms with Crippen LogP contribution in [0.3, 0.4) is 0 Å². The summed E-state index contributed by atoms with van der Waals surface area (Å²) in [4.78, 5) is 28.1. The van der Waals surface area contributed by atoms with Gasteiger partial charge in [-0.1, -0.05) is 13.3 Å². The van der Waals surface area contributed by atoms with Gasteiger partial charge >= 0.3 is 0 Å². The van der Waals surface area contributed by atoms with Crippen LogP contribution in [0.5, 0.6) is 5.75 Å². The molecule has 0 aliphatic heterocycles. The third kappa shape index (κ3) is 3.68. The molecule has 3 unspecified atom stereocenters. The summed E-state index contributed by atoms with van der Waals surface area (Å²) in [7, 11) is 5.52. The molecular weight excluding hydrogens is 450 g/mol. The number of ketones is 1. The van der Waals surface area contributed by atoms with E-state index < -0.39 is 29.1 Å². The smallest absolute Gasteiger partial charge is 0.250 e. The van der Waals surface area contributed by atoms with Crippen LogP contribution in [0, 0.1) is 17.8 Å². The lowest BCUT2D eigenvalue weighted by Crippen LogP contribution is -2.57. The molecule has 3 aliphatic carbocycles. The van der Waals surface area contributed by atoms with Gasteiger partial charge in [-0.25, -0.2) is 0 Å². The van der Waals surface area contributed by atoms with Crippen LogP contribution >= 0.6 is 0 Å². The van der Waals surface area contributed by atoms with Crippen molar-refractivity contribution in [1.82, 2.24) is 5.32 Å². The molecule has 9 heteroatoms. The van der Waals surface area contributed by atoms with Gasteiger partial charge in [-0.15, -0.1) is 0 Å². The molecule has 0 spiro atoms. The van der Waals surface area contributed by atoms with Gasteiger partial charge < -0.3 is 36.4 Å². The molecule has 0 bridgehead atoms. The van der Waals surface area contributed by atoms with Gasteiger partial charge in [0.25, 0.3) is 5.91 Å². The summed E-state index contributed by atoms with van der Waals surface area (Å²) in [6, 6.07) is 1.88. The van der Waals surface area contributed by atoms with Gasteiger partial charge in [-0.05, 0) is 49.8 Å². The first-order valence-electron chi connectivity index (χ1n) is 12.1. The molecule has 1 aromatic rings. The summed E-state index contributed by atoms with van der Waals surface area (Å²) in [5, 5.41) is 47.9. The normalized spacial score (nSPS) is 27.9. The minimum absolute atomic E-state index is 0.0605. The number of carbonyl (C=O) groups is 2. The number of primary amides is 1. The number of nitrogens with one attached hydrogen (secondary N) is 1. The maximum absolute atomic E-state index is 14.0. The molecule has 1 saturated carbocycles.